The van der Waals surface area contributed by atoms with Gasteiger partial charge in [0, 0.05) is 41.8 Å². The standard InChI is InChI=1S/C24H20F5N7O2/c1-3-36-12-16(11-33-36)35-23-31-8-14(9-32-23)17-7-19(25)13(4-20(17)26)5-21(37)34-15-6-18(24(27,28)29)22(38-2)30-10-15/h4,6-12H,3,5H2,1-2H3,(H,34,37)(H,31,32,35). The molecule has 3 aromatic heterocycles. The Balaban J connectivity index is 1.46. The van der Waals surface area contributed by atoms with Crippen LogP contribution >= 0.6 is 0 Å². The van der Waals surface area contributed by atoms with E-state index >= 15 is 0 Å². The van der Waals surface area contributed by atoms with Crippen LogP contribution in [0.4, 0.5) is 39.3 Å². The smallest absolute Gasteiger partial charge is 0.421 e. The summed E-state index contributed by atoms with van der Waals surface area (Å²) >= 11 is 0. The van der Waals surface area contributed by atoms with Crippen LogP contribution in [0.3, 0.4) is 0 Å². The molecule has 9 nitrogen and oxygen atoms in total. The number of nitrogens with one attached hydrogen (secondary N) is 2. The summed E-state index contributed by atoms with van der Waals surface area (Å²) in [6, 6.07) is 2.37. The van der Waals surface area contributed by atoms with Gasteiger partial charge >= 0.3 is 6.18 Å². The van der Waals surface area contributed by atoms with Crippen molar-refractivity contribution in [2.75, 3.05) is 17.7 Å². The zero-order valence-corrected chi connectivity index (χ0v) is 20.0. The number of carbonyl (C=O) groups is 1. The third-order valence-electron chi connectivity index (χ3n) is 5.30. The van der Waals surface area contributed by atoms with E-state index in [0.29, 0.717) is 18.3 Å². The van der Waals surface area contributed by atoms with Crippen molar-refractivity contribution in [3.05, 3.63) is 71.9 Å². The molecule has 0 radical (unpaired) electrons. The highest BCUT2D eigenvalue weighted by Gasteiger charge is 2.35. The molecule has 1 aromatic carbocycles. The predicted octanol–water partition coefficient (Wildman–Crippen LogP) is 4.99. The van der Waals surface area contributed by atoms with Gasteiger partial charge in [0.1, 0.15) is 17.2 Å². The van der Waals surface area contributed by atoms with Gasteiger partial charge in [-0.15, -0.1) is 0 Å². The molecule has 0 bridgehead atoms. The SMILES string of the molecule is CCn1cc(Nc2ncc(-c3cc(F)c(CC(=O)Nc4cnc(OC)c(C(F)(F)F)c4)cc3F)cn2)cn1. The first-order chi connectivity index (χ1) is 18.1. The van der Waals surface area contributed by atoms with E-state index in [1.807, 2.05) is 6.92 Å². The van der Waals surface area contributed by atoms with Crippen LogP contribution in [0.25, 0.3) is 11.1 Å². The summed E-state index contributed by atoms with van der Waals surface area (Å²) in [7, 11) is 1.03. The van der Waals surface area contributed by atoms with Crippen molar-refractivity contribution in [2.45, 2.75) is 26.1 Å². The highest BCUT2D eigenvalue weighted by atomic mass is 19.4. The summed E-state index contributed by atoms with van der Waals surface area (Å²) < 4.78 is 75.4. The minimum atomic E-state index is -4.78. The van der Waals surface area contributed by atoms with Gasteiger partial charge in [-0.3, -0.25) is 9.48 Å². The quantitative estimate of drug-likeness (QED) is 0.308. The molecule has 0 fully saturated rings. The van der Waals surface area contributed by atoms with E-state index in [9.17, 15) is 26.7 Å². The summed E-state index contributed by atoms with van der Waals surface area (Å²) in [6.07, 6.45) is 1.49. The third-order valence-corrected chi connectivity index (χ3v) is 5.30. The highest BCUT2D eigenvalue weighted by molar-refractivity contribution is 5.92. The minimum Gasteiger partial charge on any atom is -0.481 e. The number of nitrogens with zero attached hydrogens (tertiary/aromatic N) is 5. The van der Waals surface area contributed by atoms with Crippen molar-refractivity contribution in [3.63, 3.8) is 0 Å². The number of ether oxygens (including phenoxy) is 1. The van der Waals surface area contributed by atoms with E-state index in [1.54, 1.807) is 17.1 Å². The molecule has 2 N–H and O–H groups in total. The number of hydrogen-bond donors (Lipinski definition) is 2. The Labute approximate surface area is 212 Å². The number of hydrogen-bond acceptors (Lipinski definition) is 7. The van der Waals surface area contributed by atoms with Crippen LogP contribution < -0.4 is 15.4 Å². The second-order valence-electron chi connectivity index (χ2n) is 7.93. The highest BCUT2D eigenvalue weighted by Crippen LogP contribution is 2.36. The monoisotopic (exact) mass is 533 g/mol. The average Bonchev–Trinajstić information content (AvgIpc) is 3.33. The fraction of sp³-hybridized carbons (Fsp3) is 0.208. The van der Waals surface area contributed by atoms with Crippen LogP contribution in [0.15, 0.2) is 49.2 Å². The number of benzene rings is 1. The molecule has 0 aliphatic rings. The summed E-state index contributed by atoms with van der Waals surface area (Å²) in [5.74, 6) is -3.05. The number of halogens is 5. The van der Waals surface area contributed by atoms with Gasteiger partial charge < -0.3 is 15.4 Å². The lowest BCUT2D eigenvalue weighted by Crippen LogP contribution is -2.17. The van der Waals surface area contributed by atoms with Crippen LogP contribution in [-0.2, 0) is 23.9 Å². The Bertz CT molecular complexity index is 1460. The number of alkyl halides is 3. The van der Waals surface area contributed by atoms with Crippen molar-refractivity contribution in [2.24, 2.45) is 0 Å². The van der Waals surface area contributed by atoms with E-state index in [4.69, 9.17) is 0 Å². The zero-order valence-electron chi connectivity index (χ0n) is 20.0. The normalized spacial score (nSPS) is 11.3. The van der Waals surface area contributed by atoms with Crippen molar-refractivity contribution in [3.8, 4) is 17.0 Å². The van der Waals surface area contributed by atoms with Gasteiger partial charge in [-0.05, 0) is 25.1 Å². The Morgan fingerprint density at radius 3 is 2.37 bits per heavy atom. The van der Waals surface area contributed by atoms with Crippen LogP contribution in [0, 0.1) is 11.6 Å². The number of anilines is 3. The topological polar surface area (TPSA) is 107 Å². The predicted molar refractivity (Wildman–Crippen MR) is 127 cm³/mol. The fourth-order valence-corrected chi connectivity index (χ4v) is 3.47. The maximum absolute atomic E-state index is 14.8. The Morgan fingerprint density at radius 2 is 1.74 bits per heavy atom. The number of methoxy groups -OCH3 is 1. The first-order valence-corrected chi connectivity index (χ1v) is 11.1. The fourth-order valence-electron chi connectivity index (χ4n) is 3.47. The first-order valence-electron chi connectivity index (χ1n) is 11.1. The van der Waals surface area contributed by atoms with Crippen molar-refractivity contribution in [1.82, 2.24) is 24.7 Å². The number of rotatable bonds is 8. The summed E-state index contributed by atoms with van der Waals surface area (Å²) in [5.41, 5.74) is -1.07. The number of amides is 1. The molecule has 0 aliphatic carbocycles. The molecule has 0 unspecified atom stereocenters. The lowest BCUT2D eigenvalue weighted by Gasteiger charge is -2.13. The molecule has 38 heavy (non-hydrogen) atoms. The number of aryl methyl sites for hydroxylation is 1. The molecule has 0 spiro atoms. The van der Waals surface area contributed by atoms with Crippen molar-refractivity contribution in [1.29, 1.82) is 0 Å². The van der Waals surface area contributed by atoms with Gasteiger partial charge in [0.2, 0.25) is 17.7 Å². The van der Waals surface area contributed by atoms with Gasteiger partial charge in [-0.2, -0.15) is 18.3 Å². The van der Waals surface area contributed by atoms with E-state index in [-0.39, 0.29) is 28.3 Å². The minimum absolute atomic E-state index is 0.133. The Hall–Kier alpha value is -4.62. The molecule has 3 heterocycles. The zero-order chi connectivity index (χ0) is 27.4. The second-order valence-corrected chi connectivity index (χ2v) is 7.93. The van der Waals surface area contributed by atoms with E-state index in [0.717, 1.165) is 25.4 Å². The van der Waals surface area contributed by atoms with Crippen LogP contribution in [-0.4, -0.2) is 37.7 Å². The summed E-state index contributed by atoms with van der Waals surface area (Å²) in [5, 5.41) is 9.26. The number of pyridine rings is 1. The van der Waals surface area contributed by atoms with Crippen LogP contribution in [0.5, 0.6) is 5.88 Å². The molecule has 0 aliphatic heterocycles. The van der Waals surface area contributed by atoms with Gasteiger partial charge in [0.05, 0.1) is 37.3 Å². The summed E-state index contributed by atoms with van der Waals surface area (Å²) in [4.78, 5) is 24.1. The Morgan fingerprint density at radius 1 is 1.00 bits per heavy atom. The molecule has 0 saturated heterocycles. The largest absolute Gasteiger partial charge is 0.481 e. The lowest BCUT2D eigenvalue weighted by atomic mass is 10.0. The molecule has 4 rings (SSSR count). The van der Waals surface area contributed by atoms with Gasteiger partial charge in [0.15, 0.2) is 0 Å². The average molecular weight is 533 g/mol. The number of aromatic nitrogens is 5. The number of carbonyl (C=O) groups excluding carboxylic acids is 1. The maximum Gasteiger partial charge on any atom is 0.421 e. The molecular formula is C24H20F5N7O2. The Kier molecular flexibility index (Phi) is 7.50. The van der Waals surface area contributed by atoms with E-state index in [2.05, 4.69) is 35.4 Å². The molecule has 0 saturated carbocycles. The van der Waals surface area contributed by atoms with Crippen molar-refractivity contribution < 1.29 is 31.5 Å². The van der Waals surface area contributed by atoms with Crippen LogP contribution in [0.1, 0.15) is 18.1 Å². The maximum atomic E-state index is 14.8. The molecule has 4 aromatic rings. The van der Waals surface area contributed by atoms with Crippen molar-refractivity contribution >= 4 is 23.2 Å². The first kappa shape index (κ1) is 26.4. The van der Waals surface area contributed by atoms with E-state index in [1.165, 1.54) is 12.4 Å². The summed E-state index contributed by atoms with van der Waals surface area (Å²) in [6.45, 7) is 2.61. The van der Waals surface area contributed by atoms with Gasteiger partial charge in [-0.1, -0.05) is 0 Å². The molecule has 1 amide bonds. The van der Waals surface area contributed by atoms with Gasteiger partial charge in [-0.25, -0.2) is 23.7 Å². The third kappa shape index (κ3) is 6.02. The van der Waals surface area contributed by atoms with Gasteiger partial charge in [0.25, 0.3) is 0 Å². The van der Waals surface area contributed by atoms with Crippen LogP contribution in [0.2, 0.25) is 0 Å². The van der Waals surface area contributed by atoms with E-state index < -0.39 is 41.6 Å². The molecular weight excluding hydrogens is 513 g/mol. The molecule has 198 valence electrons. The lowest BCUT2D eigenvalue weighted by molar-refractivity contribution is -0.139. The second kappa shape index (κ2) is 10.8. The molecule has 14 heteroatoms. The molecule has 0 atom stereocenters.